The molecule has 0 aliphatic heterocycles. The van der Waals surface area contributed by atoms with Gasteiger partial charge in [0.05, 0.1) is 0 Å². The van der Waals surface area contributed by atoms with Gasteiger partial charge in [0.1, 0.15) is 4.83 Å². The molecular weight excluding hydrogens is 190 g/mol. The normalized spacial score (nSPS) is 15.0. The fraction of sp³-hybridized carbons (Fsp3) is 0.417. The minimum atomic E-state index is 1.18. The van der Waals surface area contributed by atoms with Crippen LogP contribution in [0.4, 0.5) is 0 Å². The van der Waals surface area contributed by atoms with Gasteiger partial charge in [-0.1, -0.05) is 0 Å². The van der Waals surface area contributed by atoms with Gasteiger partial charge in [-0.15, -0.1) is 11.3 Å². The van der Waals surface area contributed by atoms with Crippen LogP contribution >= 0.6 is 11.3 Å². The number of rotatable bonds is 0. The standard InChI is InChI=1S/C12H13NS/c1-7-8(2)14-12-10(7)6-9-4-3-5-11(9)13-12/h6H,3-5H2,1-2H3. The fourth-order valence-corrected chi connectivity index (χ4v) is 3.24. The Hall–Kier alpha value is -0.890. The molecule has 2 heteroatoms. The zero-order valence-electron chi connectivity index (χ0n) is 8.55. The van der Waals surface area contributed by atoms with Crippen molar-refractivity contribution in [2.45, 2.75) is 33.1 Å². The lowest BCUT2D eigenvalue weighted by molar-refractivity contribution is 0.901. The molecule has 0 N–H and O–H groups in total. The van der Waals surface area contributed by atoms with Crippen molar-refractivity contribution in [3.05, 3.63) is 27.8 Å². The van der Waals surface area contributed by atoms with Crippen LogP contribution in [0.2, 0.25) is 0 Å². The molecule has 0 spiro atoms. The van der Waals surface area contributed by atoms with Gasteiger partial charge in [-0.3, -0.25) is 0 Å². The first-order valence-corrected chi connectivity index (χ1v) is 5.96. The molecule has 0 saturated heterocycles. The molecule has 2 aromatic rings. The molecule has 1 nitrogen and oxygen atoms in total. The molecule has 0 radical (unpaired) electrons. The Morgan fingerprint density at radius 1 is 1.29 bits per heavy atom. The second-order valence-corrected chi connectivity index (χ2v) is 5.29. The molecule has 72 valence electrons. The lowest BCUT2D eigenvalue weighted by Gasteiger charge is -1.98. The van der Waals surface area contributed by atoms with Gasteiger partial charge in [-0.05, 0) is 50.3 Å². The number of thiophene rings is 1. The van der Waals surface area contributed by atoms with Gasteiger partial charge >= 0.3 is 0 Å². The van der Waals surface area contributed by atoms with E-state index in [0.29, 0.717) is 0 Å². The Kier molecular flexibility index (Phi) is 1.68. The van der Waals surface area contributed by atoms with E-state index in [1.807, 2.05) is 11.3 Å². The van der Waals surface area contributed by atoms with Gasteiger partial charge in [0, 0.05) is 16.0 Å². The monoisotopic (exact) mass is 203 g/mol. The van der Waals surface area contributed by atoms with E-state index in [4.69, 9.17) is 4.98 Å². The molecule has 0 fully saturated rings. The molecule has 2 heterocycles. The van der Waals surface area contributed by atoms with E-state index in [-0.39, 0.29) is 0 Å². The molecule has 1 aliphatic carbocycles. The topological polar surface area (TPSA) is 12.9 Å². The van der Waals surface area contributed by atoms with Crippen molar-refractivity contribution in [2.24, 2.45) is 0 Å². The van der Waals surface area contributed by atoms with Crippen molar-refractivity contribution in [2.75, 3.05) is 0 Å². The van der Waals surface area contributed by atoms with Gasteiger partial charge in [0.25, 0.3) is 0 Å². The number of fused-ring (bicyclic) bond motifs is 2. The Morgan fingerprint density at radius 2 is 2.14 bits per heavy atom. The zero-order valence-corrected chi connectivity index (χ0v) is 9.37. The molecule has 2 aromatic heterocycles. The summed E-state index contributed by atoms with van der Waals surface area (Å²) in [5, 5.41) is 1.38. The summed E-state index contributed by atoms with van der Waals surface area (Å²) in [6.45, 7) is 4.39. The zero-order chi connectivity index (χ0) is 9.71. The van der Waals surface area contributed by atoms with Gasteiger partial charge in [-0.25, -0.2) is 4.98 Å². The number of hydrogen-bond acceptors (Lipinski definition) is 2. The van der Waals surface area contributed by atoms with Gasteiger partial charge < -0.3 is 0 Å². The van der Waals surface area contributed by atoms with Crippen molar-refractivity contribution in [1.82, 2.24) is 4.98 Å². The number of aryl methyl sites for hydroxylation is 4. The Bertz CT molecular complexity index is 511. The summed E-state index contributed by atoms with van der Waals surface area (Å²) in [5.74, 6) is 0. The first kappa shape index (κ1) is 8.42. The Morgan fingerprint density at radius 3 is 3.00 bits per heavy atom. The highest BCUT2D eigenvalue weighted by molar-refractivity contribution is 7.18. The largest absolute Gasteiger partial charge is 0.242 e. The third-order valence-corrected chi connectivity index (χ3v) is 4.31. The first-order chi connectivity index (χ1) is 6.75. The summed E-state index contributed by atoms with van der Waals surface area (Å²) >= 11 is 1.83. The molecule has 0 saturated carbocycles. The molecule has 3 rings (SSSR count). The summed E-state index contributed by atoms with van der Waals surface area (Å²) in [7, 11) is 0. The van der Waals surface area contributed by atoms with Crippen LogP contribution in [-0.4, -0.2) is 4.98 Å². The van der Waals surface area contributed by atoms with Crippen molar-refractivity contribution < 1.29 is 0 Å². The summed E-state index contributed by atoms with van der Waals surface area (Å²) in [6.07, 6.45) is 3.70. The molecule has 0 unspecified atom stereocenters. The Labute approximate surface area is 87.8 Å². The molecule has 0 amide bonds. The van der Waals surface area contributed by atoms with Crippen molar-refractivity contribution in [3.8, 4) is 0 Å². The van der Waals surface area contributed by atoms with Crippen LogP contribution in [0.1, 0.15) is 28.1 Å². The average Bonchev–Trinajstić information content (AvgIpc) is 2.70. The molecule has 0 atom stereocenters. The van der Waals surface area contributed by atoms with Crippen LogP contribution in [0.15, 0.2) is 6.07 Å². The predicted molar refractivity (Wildman–Crippen MR) is 61.1 cm³/mol. The highest BCUT2D eigenvalue weighted by atomic mass is 32.1. The van der Waals surface area contributed by atoms with Gasteiger partial charge in [-0.2, -0.15) is 0 Å². The van der Waals surface area contributed by atoms with Crippen LogP contribution in [0, 0.1) is 13.8 Å². The van der Waals surface area contributed by atoms with E-state index >= 15 is 0 Å². The maximum absolute atomic E-state index is 4.76. The van der Waals surface area contributed by atoms with Gasteiger partial charge in [0.15, 0.2) is 0 Å². The average molecular weight is 203 g/mol. The summed E-state index contributed by atoms with van der Waals surface area (Å²) in [4.78, 5) is 7.41. The number of nitrogens with zero attached hydrogens (tertiary/aromatic N) is 1. The van der Waals surface area contributed by atoms with E-state index in [1.165, 1.54) is 51.2 Å². The molecule has 14 heavy (non-hydrogen) atoms. The van der Waals surface area contributed by atoms with Crippen LogP contribution in [0.5, 0.6) is 0 Å². The van der Waals surface area contributed by atoms with Gasteiger partial charge in [0.2, 0.25) is 0 Å². The molecule has 1 aliphatic rings. The smallest absolute Gasteiger partial charge is 0.124 e. The lowest BCUT2D eigenvalue weighted by atomic mass is 10.1. The quantitative estimate of drug-likeness (QED) is 0.639. The van der Waals surface area contributed by atoms with E-state index < -0.39 is 0 Å². The highest BCUT2D eigenvalue weighted by Gasteiger charge is 2.15. The van der Waals surface area contributed by atoms with Crippen LogP contribution < -0.4 is 0 Å². The second kappa shape index (κ2) is 2.80. The van der Waals surface area contributed by atoms with E-state index in [2.05, 4.69) is 19.9 Å². The number of hydrogen-bond donors (Lipinski definition) is 0. The summed E-state index contributed by atoms with van der Waals surface area (Å²) in [6, 6.07) is 2.36. The van der Waals surface area contributed by atoms with Crippen molar-refractivity contribution in [3.63, 3.8) is 0 Å². The lowest BCUT2D eigenvalue weighted by Crippen LogP contribution is -1.86. The molecular formula is C12H13NS. The molecule has 0 aromatic carbocycles. The minimum absolute atomic E-state index is 1.18. The van der Waals surface area contributed by atoms with Crippen LogP contribution in [0.25, 0.3) is 10.2 Å². The summed E-state index contributed by atoms with van der Waals surface area (Å²) < 4.78 is 0. The third-order valence-electron chi connectivity index (χ3n) is 3.20. The maximum atomic E-state index is 4.76. The van der Waals surface area contributed by atoms with Crippen molar-refractivity contribution in [1.29, 1.82) is 0 Å². The van der Waals surface area contributed by atoms with Crippen LogP contribution in [-0.2, 0) is 12.8 Å². The minimum Gasteiger partial charge on any atom is -0.242 e. The van der Waals surface area contributed by atoms with E-state index in [9.17, 15) is 0 Å². The SMILES string of the molecule is Cc1sc2nc3c(cc2c1C)CCC3. The second-order valence-electron chi connectivity index (χ2n) is 4.08. The third kappa shape index (κ3) is 1.04. The molecule has 0 bridgehead atoms. The predicted octanol–water partition coefficient (Wildman–Crippen LogP) is 3.40. The number of aromatic nitrogens is 1. The van der Waals surface area contributed by atoms with Crippen LogP contribution in [0.3, 0.4) is 0 Å². The fourth-order valence-electron chi connectivity index (χ4n) is 2.21. The Balaban J connectivity index is 2.38. The van der Waals surface area contributed by atoms with E-state index in [0.717, 1.165) is 0 Å². The summed E-state index contributed by atoms with van der Waals surface area (Å²) in [5.41, 5.74) is 4.25. The number of pyridine rings is 1. The highest BCUT2D eigenvalue weighted by Crippen LogP contribution is 2.32. The maximum Gasteiger partial charge on any atom is 0.124 e. The first-order valence-electron chi connectivity index (χ1n) is 5.14. The van der Waals surface area contributed by atoms with Crippen molar-refractivity contribution >= 4 is 21.6 Å². The van der Waals surface area contributed by atoms with E-state index in [1.54, 1.807) is 0 Å².